The number of ether oxygens (including phenoxy) is 2. The molecular weight excluding hydrogens is 404 g/mol. The SMILES string of the molecule is COCCN1[C@H]2CCN(C(=O)c3ccccc3)CC[C@@H]2Oc2ccccc2S1(=O)=O. The lowest BCUT2D eigenvalue weighted by Crippen LogP contribution is -2.48. The normalized spacial score (nSPS) is 23.4. The van der Waals surface area contributed by atoms with E-state index < -0.39 is 10.0 Å². The van der Waals surface area contributed by atoms with Crippen LogP contribution in [0.1, 0.15) is 23.2 Å². The maximum Gasteiger partial charge on any atom is 0.253 e. The summed E-state index contributed by atoms with van der Waals surface area (Å²) in [5.41, 5.74) is 0.634. The third kappa shape index (κ3) is 3.95. The number of benzene rings is 2. The third-order valence-corrected chi connectivity index (χ3v) is 7.68. The lowest BCUT2D eigenvalue weighted by atomic mass is 10.1. The molecule has 30 heavy (non-hydrogen) atoms. The van der Waals surface area contributed by atoms with E-state index in [4.69, 9.17) is 9.47 Å². The molecule has 160 valence electrons. The second-order valence-electron chi connectivity index (χ2n) is 7.51. The zero-order valence-corrected chi connectivity index (χ0v) is 17.8. The number of rotatable bonds is 4. The van der Waals surface area contributed by atoms with E-state index in [0.29, 0.717) is 37.2 Å². The monoisotopic (exact) mass is 430 g/mol. The smallest absolute Gasteiger partial charge is 0.253 e. The summed E-state index contributed by atoms with van der Waals surface area (Å²) >= 11 is 0. The molecule has 8 heteroatoms. The van der Waals surface area contributed by atoms with Crippen LogP contribution in [0.15, 0.2) is 59.5 Å². The van der Waals surface area contributed by atoms with Crippen molar-refractivity contribution in [3.05, 3.63) is 60.2 Å². The Hall–Kier alpha value is -2.42. The Labute approximate surface area is 177 Å². The molecular formula is C22H26N2O5S. The van der Waals surface area contributed by atoms with Gasteiger partial charge in [-0.2, -0.15) is 4.31 Å². The van der Waals surface area contributed by atoms with Crippen LogP contribution in [0.3, 0.4) is 0 Å². The first-order valence-corrected chi connectivity index (χ1v) is 11.6. The molecule has 0 spiro atoms. The van der Waals surface area contributed by atoms with Gasteiger partial charge < -0.3 is 14.4 Å². The van der Waals surface area contributed by atoms with Gasteiger partial charge in [-0.1, -0.05) is 30.3 Å². The van der Waals surface area contributed by atoms with Gasteiger partial charge in [0.1, 0.15) is 16.7 Å². The molecule has 0 bridgehead atoms. The molecule has 0 radical (unpaired) electrons. The molecule has 1 fully saturated rings. The third-order valence-electron chi connectivity index (χ3n) is 5.72. The predicted octanol–water partition coefficient (Wildman–Crippen LogP) is 2.39. The Morgan fingerprint density at radius 2 is 1.77 bits per heavy atom. The predicted molar refractivity (Wildman–Crippen MR) is 112 cm³/mol. The second kappa shape index (κ2) is 8.75. The summed E-state index contributed by atoms with van der Waals surface area (Å²) in [6.07, 6.45) is 0.713. The van der Waals surface area contributed by atoms with Gasteiger partial charge in [-0.05, 0) is 30.7 Å². The molecule has 2 aliphatic heterocycles. The van der Waals surface area contributed by atoms with Gasteiger partial charge in [-0.15, -0.1) is 0 Å². The fourth-order valence-corrected chi connectivity index (χ4v) is 5.98. The molecule has 0 N–H and O–H groups in total. The quantitative estimate of drug-likeness (QED) is 0.745. The number of carbonyl (C=O) groups excluding carboxylic acids is 1. The molecule has 2 aliphatic rings. The van der Waals surface area contributed by atoms with Crippen LogP contribution in [0.25, 0.3) is 0 Å². The maximum atomic E-state index is 13.4. The van der Waals surface area contributed by atoms with Crippen LogP contribution in [0.2, 0.25) is 0 Å². The molecule has 1 saturated heterocycles. The summed E-state index contributed by atoms with van der Waals surface area (Å²) in [5, 5.41) is 0. The van der Waals surface area contributed by atoms with Gasteiger partial charge >= 0.3 is 0 Å². The summed E-state index contributed by atoms with van der Waals surface area (Å²) in [7, 11) is -2.19. The molecule has 0 aliphatic carbocycles. The number of sulfonamides is 1. The minimum atomic E-state index is -3.74. The minimum Gasteiger partial charge on any atom is -0.487 e. The number of para-hydroxylation sites is 1. The fourth-order valence-electron chi connectivity index (χ4n) is 4.19. The number of likely N-dealkylation sites (tertiary alicyclic amines) is 1. The molecule has 0 aromatic heterocycles. The second-order valence-corrected chi connectivity index (χ2v) is 9.37. The average Bonchev–Trinajstić information content (AvgIpc) is 3.01. The summed E-state index contributed by atoms with van der Waals surface area (Å²) in [6, 6.07) is 15.5. The number of amides is 1. The van der Waals surface area contributed by atoms with Crippen molar-refractivity contribution in [1.29, 1.82) is 0 Å². The van der Waals surface area contributed by atoms with Gasteiger partial charge in [0, 0.05) is 38.7 Å². The van der Waals surface area contributed by atoms with Crippen LogP contribution in [0.5, 0.6) is 5.75 Å². The van der Waals surface area contributed by atoms with Crippen LogP contribution in [-0.4, -0.2) is 69.0 Å². The Balaban J connectivity index is 1.65. The number of fused-ring (bicyclic) bond motifs is 2. The van der Waals surface area contributed by atoms with Gasteiger partial charge in [0.15, 0.2) is 0 Å². The van der Waals surface area contributed by atoms with Crippen LogP contribution in [0, 0.1) is 0 Å². The topological polar surface area (TPSA) is 76.2 Å². The number of methoxy groups -OCH3 is 1. The molecule has 2 heterocycles. The fraction of sp³-hybridized carbons (Fsp3) is 0.409. The van der Waals surface area contributed by atoms with Crippen LogP contribution >= 0.6 is 0 Å². The van der Waals surface area contributed by atoms with E-state index in [1.54, 1.807) is 48.4 Å². The van der Waals surface area contributed by atoms with Gasteiger partial charge in [0.25, 0.3) is 5.91 Å². The Morgan fingerprint density at radius 3 is 2.53 bits per heavy atom. The van der Waals surface area contributed by atoms with Crippen LogP contribution < -0.4 is 4.74 Å². The summed E-state index contributed by atoms with van der Waals surface area (Å²) in [5.74, 6) is 0.328. The molecule has 2 aromatic carbocycles. The van der Waals surface area contributed by atoms with Crippen molar-refractivity contribution in [3.8, 4) is 5.75 Å². The van der Waals surface area contributed by atoms with E-state index in [0.717, 1.165) is 0 Å². The van der Waals surface area contributed by atoms with Crippen LogP contribution in [-0.2, 0) is 14.8 Å². The van der Waals surface area contributed by atoms with Gasteiger partial charge in [0.2, 0.25) is 10.0 Å². The molecule has 7 nitrogen and oxygen atoms in total. The number of hydrogen-bond donors (Lipinski definition) is 0. The first-order chi connectivity index (χ1) is 14.5. The molecule has 0 saturated carbocycles. The number of nitrogens with zero attached hydrogens (tertiary/aromatic N) is 2. The molecule has 1 amide bonds. The number of hydrogen-bond acceptors (Lipinski definition) is 5. The molecule has 2 atom stereocenters. The standard InChI is InChI=1S/C22H26N2O5S/c1-28-16-15-24-18-11-13-23(22(25)17-7-3-2-4-8-17)14-12-19(18)29-20-9-5-6-10-21(20)30(24,26)27/h2-10,18-19H,11-16H2,1H3/t18-,19-/m0/s1. The molecule has 4 rings (SSSR count). The highest BCUT2D eigenvalue weighted by Gasteiger charge is 2.43. The van der Waals surface area contributed by atoms with Crippen molar-refractivity contribution in [2.45, 2.75) is 29.9 Å². The van der Waals surface area contributed by atoms with Crippen molar-refractivity contribution in [3.63, 3.8) is 0 Å². The zero-order valence-electron chi connectivity index (χ0n) is 16.9. The summed E-state index contributed by atoms with van der Waals surface area (Å²) < 4.78 is 39.8. The van der Waals surface area contributed by atoms with Crippen molar-refractivity contribution in [2.24, 2.45) is 0 Å². The van der Waals surface area contributed by atoms with Crippen LogP contribution in [0.4, 0.5) is 0 Å². The Morgan fingerprint density at radius 1 is 1.07 bits per heavy atom. The average molecular weight is 431 g/mol. The first kappa shape index (κ1) is 20.8. The zero-order chi connectivity index (χ0) is 21.1. The van der Waals surface area contributed by atoms with E-state index in [9.17, 15) is 13.2 Å². The lowest BCUT2D eigenvalue weighted by molar-refractivity contribution is 0.0755. The summed E-state index contributed by atoms with van der Waals surface area (Å²) in [6.45, 7) is 1.50. The lowest BCUT2D eigenvalue weighted by Gasteiger charge is -2.31. The van der Waals surface area contributed by atoms with Crippen molar-refractivity contribution in [1.82, 2.24) is 9.21 Å². The number of carbonyl (C=O) groups is 1. The molecule has 2 aromatic rings. The largest absolute Gasteiger partial charge is 0.487 e. The van der Waals surface area contributed by atoms with E-state index in [2.05, 4.69) is 0 Å². The Bertz CT molecular complexity index is 996. The van der Waals surface area contributed by atoms with Crippen molar-refractivity contribution < 1.29 is 22.7 Å². The highest BCUT2D eigenvalue weighted by molar-refractivity contribution is 7.89. The first-order valence-electron chi connectivity index (χ1n) is 10.1. The highest BCUT2D eigenvalue weighted by atomic mass is 32.2. The van der Waals surface area contributed by atoms with Gasteiger partial charge in [0.05, 0.1) is 12.6 Å². The minimum absolute atomic E-state index is 0.0428. The van der Waals surface area contributed by atoms with E-state index in [1.165, 1.54) is 4.31 Å². The molecule has 0 unspecified atom stereocenters. The van der Waals surface area contributed by atoms with Gasteiger partial charge in [-0.25, -0.2) is 8.42 Å². The Kier molecular flexibility index (Phi) is 6.08. The van der Waals surface area contributed by atoms with Crippen molar-refractivity contribution in [2.75, 3.05) is 33.4 Å². The summed E-state index contributed by atoms with van der Waals surface area (Å²) in [4.78, 5) is 14.9. The van der Waals surface area contributed by atoms with Gasteiger partial charge in [-0.3, -0.25) is 4.79 Å². The van der Waals surface area contributed by atoms with E-state index in [1.807, 2.05) is 18.2 Å². The highest BCUT2D eigenvalue weighted by Crippen LogP contribution is 2.36. The van der Waals surface area contributed by atoms with E-state index >= 15 is 0 Å². The van der Waals surface area contributed by atoms with Crippen molar-refractivity contribution >= 4 is 15.9 Å². The maximum absolute atomic E-state index is 13.4. The van der Waals surface area contributed by atoms with E-state index in [-0.39, 0.29) is 36.1 Å².